The summed E-state index contributed by atoms with van der Waals surface area (Å²) in [5.41, 5.74) is 0. The molecule has 0 aromatic heterocycles. The summed E-state index contributed by atoms with van der Waals surface area (Å²) >= 11 is 1.54. The topological polar surface area (TPSA) is 60.9 Å². The van der Waals surface area contributed by atoms with Gasteiger partial charge in [-0.05, 0) is 12.8 Å². The third-order valence-electron chi connectivity index (χ3n) is 3.06. The molecule has 1 N–H and O–H groups in total. The van der Waals surface area contributed by atoms with E-state index < -0.39 is 0 Å². The Bertz CT molecular complexity index is 298. The molecule has 5 nitrogen and oxygen atoms in total. The van der Waals surface area contributed by atoms with E-state index in [0.29, 0.717) is 18.2 Å². The summed E-state index contributed by atoms with van der Waals surface area (Å²) in [4.78, 5) is 26.6. The maximum Gasteiger partial charge on any atom is 0.242 e. The fraction of sp³-hybridized carbons (Fsp3) is 0.800. The Morgan fingerprint density at radius 1 is 1.56 bits per heavy atom. The van der Waals surface area contributed by atoms with Gasteiger partial charge in [-0.3, -0.25) is 9.59 Å². The number of carbonyl (C=O) groups excluding carboxylic acids is 2. The number of hydrogen-bond donors (Lipinski definition) is 1. The third kappa shape index (κ3) is 2.32. The number of aliphatic hydroxyl groups excluding tert-OH is 1. The first-order valence-electron chi connectivity index (χ1n) is 5.48. The van der Waals surface area contributed by atoms with Crippen molar-refractivity contribution in [3.63, 3.8) is 0 Å². The zero-order chi connectivity index (χ0) is 11.5. The van der Waals surface area contributed by atoms with Gasteiger partial charge in [0.1, 0.15) is 6.54 Å². The molecule has 90 valence electrons. The fourth-order valence-electron chi connectivity index (χ4n) is 2.15. The first kappa shape index (κ1) is 11.7. The molecule has 0 bridgehead atoms. The van der Waals surface area contributed by atoms with Gasteiger partial charge in [0.15, 0.2) is 0 Å². The molecule has 2 fully saturated rings. The standard InChI is InChI=1S/C10H16N2O3S/c13-5-8-2-1-3-12(8)9(14)4-11-7-16-6-10(11)15/h8,13H,1-7H2. The average Bonchev–Trinajstić information content (AvgIpc) is 2.87. The monoisotopic (exact) mass is 244 g/mol. The third-order valence-corrected chi connectivity index (χ3v) is 4.01. The number of hydrogen-bond acceptors (Lipinski definition) is 4. The van der Waals surface area contributed by atoms with Crippen molar-refractivity contribution < 1.29 is 14.7 Å². The van der Waals surface area contributed by atoms with E-state index in [1.54, 1.807) is 9.80 Å². The number of thioether (sulfide) groups is 1. The van der Waals surface area contributed by atoms with Crippen LogP contribution >= 0.6 is 11.8 Å². The maximum absolute atomic E-state index is 11.9. The van der Waals surface area contributed by atoms with Crippen LogP contribution in [0.1, 0.15) is 12.8 Å². The first-order chi connectivity index (χ1) is 7.72. The number of aliphatic hydroxyl groups is 1. The Labute approximate surface area is 98.8 Å². The second-order valence-electron chi connectivity index (χ2n) is 4.14. The maximum atomic E-state index is 11.9. The minimum Gasteiger partial charge on any atom is -0.394 e. The lowest BCUT2D eigenvalue weighted by molar-refractivity contribution is -0.138. The highest BCUT2D eigenvalue weighted by Crippen LogP contribution is 2.19. The molecule has 2 saturated heterocycles. The number of amides is 2. The van der Waals surface area contributed by atoms with E-state index in [0.717, 1.165) is 12.8 Å². The molecule has 1 unspecified atom stereocenters. The predicted octanol–water partition coefficient (Wildman–Crippen LogP) is -0.497. The largest absolute Gasteiger partial charge is 0.394 e. The van der Waals surface area contributed by atoms with Crippen molar-refractivity contribution in [2.45, 2.75) is 18.9 Å². The second kappa shape index (κ2) is 5.05. The summed E-state index contributed by atoms with van der Waals surface area (Å²) in [6.45, 7) is 0.899. The van der Waals surface area contributed by atoms with E-state index in [4.69, 9.17) is 5.11 Å². The molecule has 0 aromatic rings. The zero-order valence-corrected chi connectivity index (χ0v) is 9.91. The van der Waals surface area contributed by atoms with Crippen LogP contribution in [-0.4, -0.2) is 64.1 Å². The molecule has 0 aliphatic carbocycles. The van der Waals surface area contributed by atoms with Gasteiger partial charge in [0.25, 0.3) is 0 Å². The van der Waals surface area contributed by atoms with Crippen LogP contribution in [0.4, 0.5) is 0 Å². The molecule has 2 aliphatic rings. The molecule has 0 aromatic carbocycles. The summed E-state index contributed by atoms with van der Waals surface area (Å²) in [5.74, 6) is 1.10. The normalized spacial score (nSPS) is 25.6. The molecule has 0 saturated carbocycles. The van der Waals surface area contributed by atoms with E-state index in [-0.39, 0.29) is 31.0 Å². The second-order valence-corrected chi connectivity index (χ2v) is 5.09. The highest BCUT2D eigenvalue weighted by atomic mass is 32.2. The Kier molecular flexibility index (Phi) is 3.70. The van der Waals surface area contributed by atoms with Crippen LogP contribution in [-0.2, 0) is 9.59 Å². The lowest BCUT2D eigenvalue weighted by atomic mass is 10.2. The summed E-state index contributed by atoms with van der Waals surface area (Å²) in [5, 5.41) is 9.12. The van der Waals surface area contributed by atoms with Crippen molar-refractivity contribution in [1.82, 2.24) is 9.80 Å². The van der Waals surface area contributed by atoms with Crippen LogP contribution in [0, 0.1) is 0 Å². The zero-order valence-electron chi connectivity index (χ0n) is 9.09. The van der Waals surface area contributed by atoms with Crippen LogP contribution in [0.25, 0.3) is 0 Å². The van der Waals surface area contributed by atoms with Gasteiger partial charge in [0.2, 0.25) is 11.8 Å². The SMILES string of the molecule is O=C1CSCN1CC(=O)N1CCCC1CO. The molecule has 0 spiro atoms. The molecule has 2 aliphatic heterocycles. The minimum atomic E-state index is -0.0436. The first-order valence-corrected chi connectivity index (χ1v) is 6.63. The van der Waals surface area contributed by atoms with E-state index >= 15 is 0 Å². The fourth-order valence-corrected chi connectivity index (χ4v) is 3.05. The molecule has 2 heterocycles. The summed E-state index contributed by atoms with van der Waals surface area (Å²) < 4.78 is 0. The van der Waals surface area contributed by atoms with Gasteiger partial charge in [-0.2, -0.15) is 0 Å². The molecular weight excluding hydrogens is 228 g/mol. The van der Waals surface area contributed by atoms with Crippen molar-refractivity contribution in [1.29, 1.82) is 0 Å². The van der Waals surface area contributed by atoms with Gasteiger partial charge >= 0.3 is 0 Å². The smallest absolute Gasteiger partial charge is 0.242 e. The average molecular weight is 244 g/mol. The molecule has 2 rings (SSSR count). The van der Waals surface area contributed by atoms with E-state index in [1.165, 1.54) is 11.8 Å². The van der Waals surface area contributed by atoms with E-state index in [9.17, 15) is 9.59 Å². The minimum absolute atomic E-state index is 0.0223. The lowest BCUT2D eigenvalue weighted by Crippen LogP contribution is -2.44. The van der Waals surface area contributed by atoms with Crippen LogP contribution in [0.15, 0.2) is 0 Å². The summed E-state index contributed by atoms with van der Waals surface area (Å²) in [7, 11) is 0. The quantitative estimate of drug-likeness (QED) is 0.727. The predicted molar refractivity (Wildman–Crippen MR) is 60.9 cm³/mol. The molecule has 6 heteroatoms. The van der Waals surface area contributed by atoms with Crippen molar-refractivity contribution >= 4 is 23.6 Å². The van der Waals surface area contributed by atoms with Crippen molar-refractivity contribution in [2.75, 3.05) is 31.3 Å². The molecule has 16 heavy (non-hydrogen) atoms. The molecular formula is C10H16N2O3S. The Balaban J connectivity index is 1.89. The van der Waals surface area contributed by atoms with Gasteiger partial charge in [-0.25, -0.2) is 0 Å². The Hall–Kier alpha value is -0.750. The van der Waals surface area contributed by atoms with Gasteiger partial charge in [-0.15, -0.1) is 11.8 Å². The highest BCUT2D eigenvalue weighted by molar-refractivity contribution is 8.00. The Morgan fingerprint density at radius 2 is 2.38 bits per heavy atom. The lowest BCUT2D eigenvalue weighted by Gasteiger charge is -2.25. The molecule has 0 radical (unpaired) electrons. The van der Waals surface area contributed by atoms with Crippen molar-refractivity contribution in [3.8, 4) is 0 Å². The molecule has 1 atom stereocenters. The van der Waals surface area contributed by atoms with Crippen LogP contribution in [0.5, 0.6) is 0 Å². The van der Waals surface area contributed by atoms with E-state index in [2.05, 4.69) is 0 Å². The van der Waals surface area contributed by atoms with Gasteiger partial charge in [0, 0.05) is 6.54 Å². The highest BCUT2D eigenvalue weighted by Gasteiger charge is 2.31. The number of carbonyl (C=O) groups is 2. The summed E-state index contributed by atoms with van der Waals surface area (Å²) in [6, 6.07) is -0.0436. The van der Waals surface area contributed by atoms with Gasteiger partial charge in [0.05, 0.1) is 24.3 Å². The number of likely N-dealkylation sites (tertiary alicyclic amines) is 1. The van der Waals surface area contributed by atoms with Crippen molar-refractivity contribution in [2.24, 2.45) is 0 Å². The van der Waals surface area contributed by atoms with Gasteiger partial charge < -0.3 is 14.9 Å². The number of rotatable bonds is 3. The van der Waals surface area contributed by atoms with E-state index in [1.807, 2.05) is 0 Å². The summed E-state index contributed by atoms with van der Waals surface area (Å²) in [6.07, 6.45) is 1.81. The Morgan fingerprint density at radius 3 is 3.00 bits per heavy atom. The number of nitrogens with zero attached hydrogens (tertiary/aromatic N) is 2. The van der Waals surface area contributed by atoms with Crippen molar-refractivity contribution in [3.05, 3.63) is 0 Å². The van der Waals surface area contributed by atoms with Crippen LogP contribution in [0.2, 0.25) is 0 Å². The van der Waals surface area contributed by atoms with Crippen LogP contribution in [0.3, 0.4) is 0 Å². The van der Waals surface area contributed by atoms with Crippen LogP contribution < -0.4 is 0 Å². The van der Waals surface area contributed by atoms with Gasteiger partial charge in [-0.1, -0.05) is 0 Å². The molecule has 2 amide bonds.